The summed E-state index contributed by atoms with van der Waals surface area (Å²) in [6, 6.07) is 15.6. The Morgan fingerprint density at radius 3 is 2.26 bits per heavy atom. The maximum atomic E-state index is 13.3. The molecular weight excluding hydrogens is 444 g/mol. The molecule has 3 aliphatic rings. The van der Waals surface area contributed by atoms with Crippen molar-refractivity contribution in [1.82, 2.24) is 10.2 Å². The van der Waals surface area contributed by atoms with Gasteiger partial charge in [-0.3, -0.25) is 9.59 Å². The number of benzene rings is 2. The maximum Gasteiger partial charge on any atom is 0.407 e. The maximum absolute atomic E-state index is 13.3. The third-order valence-corrected chi connectivity index (χ3v) is 8.00. The number of nitrogens with zero attached hydrogens (tertiary/aromatic N) is 1. The van der Waals surface area contributed by atoms with Crippen LogP contribution in [0.4, 0.5) is 4.79 Å². The number of ether oxygens (including phenoxy) is 1. The number of aliphatic carboxylic acids is 1. The lowest BCUT2D eigenvalue weighted by molar-refractivity contribution is -0.148. The summed E-state index contributed by atoms with van der Waals surface area (Å²) in [6.07, 6.45) is 2.95. The normalized spacial score (nSPS) is 21.8. The predicted octanol–water partition coefficient (Wildman–Crippen LogP) is 4.41. The molecule has 2 aromatic rings. The molecule has 0 radical (unpaired) electrons. The number of fused-ring (bicyclic) bond motifs is 3. The third-order valence-electron chi connectivity index (χ3n) is 8.00. The van der Waals surface area contributed by atoms with Crippen molar-refractivity contribution in [3.8, 4) is 11.1 Å². The average molecular weight is 477 g/mol. The van der Waals surface area contributed by atoms with Crippen molar-refractivity contribution >= 4 is 18.0 Å². The molecule has 0 bridgehead atoms. The van der Waals surface area contributed by atoms with E-state index in [0.717, 1.165) is 35.1 Å². The molecular formula is C28H32N2O5. The Bertz CT molecular complexity index is 1100. The molecule has 1 heterocycles. The summed E-state index contributed by atoms with van der Waals surface area (Å²) in [5.41, 5.74) is 3.68. The molecule has 1 saturated heterocycles. The lowest BCUT2D eigenvalue weighted by Crippen LogP contribution is -2.49. The molecule has 7 nitrogen and oxygen atoms in total. The number of carbonyl (C=O) groups excluding carboxylic acids is 2. The van der Waals surface area contributed by atoms with Crippen LogP contribution in [0.1, 0.15) is 56.1 Å². The SMILES string of the molecule is CCC1(C(=O)O)CCN(C(=O)C(CC2CC2)NC(=O)OCC2c3ccccc3-c3ccccc32)C1. The molecule has 184 valence electrons. The number of likely N-dealkylation sites (tertiary alicyclic amines) is 1. The molecule has 35 heavy (non-hydrogen) atoms. The first kappa shape index (κ1) is 23.4. The van der Waals surface area contributed by atoms with Crippen LogP contribution in [0, 0.1) is 11.3 Å². The largest absolute Gasteiger partial charge is 0.481 e. The molecule has 5 rings (SSSR count). The second kappa shape index (κ2) is 9.36. The van der Waals surface area contributed by atoms with Crippen molar-refractivity contribution in [1.29, 1.82) is 0 Å². The van der Waals surface area contributed by atoms with Gasteiger partial charge in [0.05, 0.1) is 5.41 Å². The summed E-state index contributed by atoms with van der Waals surface area (Å²) in [7, 11) is 0. The van der Waals surface area contributed by atoms with Gasteiger partial charge in [0.2, 0.25) is 5.91 Å². The number of hydrogen-bond donors (Lipinski definition) is 2. The minimum atomic E-state index is -0.899. The fourth-order valence-corrected chi connectivity index (χ4v) is 5.59. The van der Waals surface area contributed by atoms with Crippen molar-refractivity contribution < 1.29 is 24.2 Å². The number of hydrogen-bond acceptors (Lipinski definition) is 4. The van der Waals surface area contributed by atoms with E-state index in [1.165, 1.54) is 0 Å². The van der Waals surface area contributed by atoms with Gasteiger partial charge in [-0.05, 0) is 47.4 Å². The quantitative estimate of drug-likeness (QED) is 0.589. The van der Waals surface area contributed by atoms with Crippen LogP contribution in [0.3, 0.4) is 0 Å². The fraction of sp³-hybridized carbons (Fsp3) is 0.464. The first-order valence-electron chi connectivity index (χ1n) is 12.6. The zero-order chi connectivity index (χ0) is 24.6. The van der Waals surface area contributed by atoms with Crippen LogP contribution in [0.25, 0.3) is 11.1 Å². The number of rotatable bonds is 8. The van der Waals surface area contributed by atoms with Gasteiger partial charge in [-0.15, -0.1) is 0 Å². The highest BCUT2D eigenvalue weighted by atomic mass is 16.5. The Hall–Kier alpha value is -3.35. The molecule has 1 aliphatic heterocycles. The number of amides is 2. The van der Waals surface area contributed by atoms with Crippen LogP contribution in [-0.2, 0) is 14.3 Å². The van der Waals surface area contributed by atoms with Gasteiger partial charge in [0, 0.05) is 19.0 Å². The summed E-state index contributed by atoms with van der Waals surface area (Å²) >= 11 is 0. The molecule has 0 aromatic heterocycles. The van der Waals surface area contributed by atoms with E-state index in [0.29, 0.717) is 31.7 Å². The van der Waals surface area contributed by atoms with Crippen LogP contribution < -0.4 is 5.32 Å². The lowest BCUT2D eigenvalue weighted by atomic mass is 9.84. The molecule has 2 atom stereocenters. The minimum absolute atomic E-state index is 0.0509. The summed E-state index contributed by atoms with van der Waals surface area (Å²) < 4.78 is 5.67. The summed E-state index contributed by atoms with van der Waals surface area (Å²) in [4.78, 5) is 39.6. The van der Waals surface area contributed by atoms with Gasteiger partial charge < -0.3 is 20.1 Å². The van der Waals surface area contributed by atoms with E-state index in [9.17, 15) is 19.5 Å². The van der Waals surface area contributed by atoms with Crippen molar-refractivity contribution in [3.05, 3.63) is 59.7 Å². The Balaban J connectivity index is 1.25. The third kappa shape index (κ3) is 4.51. The standard InChI is InChI=1S/C28H32N2O5/c1-2-28(26(32)33)13-14-30(17-28)25(31)24(15-18-11-12-18)29-27(34)35-16-23-21-9-5-3-7-19(21)20-8-4-6-10-22(20)23/h3-10,18,23-24H,2,11-17H2,1H3,(H,29,34)(H,32,33). The summed E-state index contributed by atoms with van der Waals surface area (Å²) in [5.74, 6) is -0.707. The predicted molar refractivity (Wildman–Crippen MR) is 131 cm³/mol. The van der Waals surface area contributed by atoms with Crippen molar-refractivity contribution in [2.45, 2.75) is 51.0 Å². The first-order valence-corrected chi connectivity index (χ1v) is 12.6. The molecule has 2 aromatic carbocycles. The Kier molecular flexibility index (Phi) is 6.26. The highest BCUT2D eigenvalue weighted by Crippen LogP contribution is 2.44. The van der Waals surface area contributed by atoms with E-state index in [2.05, 4.69) is 29.6 Å². The van der Waals surface area contributed by atoms with Gasteiger partial charge in [0.15, 0.2) is 0 Å². The molecule has 7 heteroatoms. The number of carboxylic acid groups (broad SMARTS) is 1. The zero-order valence-electron chi connectivity index (χ0n) is 20.0. The first-order chi connectivity index (χ1) is 16.9. The monoisotopic (exact) mass is 476 g/mol. The average Bonchev–Trinajstić information content (AvgIpc) is 3.47. The summed E-state index contributed by atoms with van der Waals surface area (Å²) in [5, 5.41) is 12.5. The number of carboxylic acids is 1. The topological polar surface area (TPSA) is 95.9 Å². The second-order valence-corrected chi connectivity index (χ2v) is 10.2. The fourth-order valence-electron chi connectivity index (χ4n) is 5.59. The molecule has 0 spiro atoms. The number of carbonyl (C=O) groups is 3. The highest BCUT2D eigenvalue weighted by Gasteiger charge is 2.46. The molecule has 2 unspecified atom stereocenters. The Morgan fingerprint density at radius 1 is 1.09 bits per heavy atom. The van der Waals surface area contributed by atoms with Crippen molar-refractivity contribution in [2.24, 2.45) is 11.3 Å². The van der Waals surface area contributed by atoms with E-state index in [1.54, 1.807) is 4.90 Å². The van der Waals surface area contributed by atoms with E-state index in [1.807, 2.05) is 31.2 Å². The van der Waals surface area contributed by atoms with Crippen LogP contribution in [0.15, 0.2) is 48.5 Å². The minimum Gasteiger partial charge on any atom is -0.481 e. The van der Waals surface area contributed by atoms with Gasteiger partial charge >= 0.3 is 12.1 Å². The number of alkyl carbamates (subject to hydrolysis) is 1. The lowest BCUT2D eigenvalue weighted by Gasteiger charge is -2.27. The van der Waals surface area contributed by atoms with Gasteiger partial charge in [0.1, 0.15) is 12.6 Å². The smallest absolute Gasteiger partial charge is 0.407 e. The van der Waals surface area contributed by atoms with E-state index in [4.69, 9.17) is 4.74 Å². The Morgan fingerprint density at radius 2 is 1.71 bits per heavy atom. The molecule has 2 fully saturated rings. The van der Waals surface area contributed by atoms with Gasteiger partial charge in [-0.2, -0.15) is 0 Å². The highest BCUT2D eigenvalue weighted by molar-refractivity contribution is 5.87. The van der Waals surface area contributed by atoms with E-state index in [-0.39, 0.29) is 25.0 Å². The second-order valence-electron chi connectivity index (χ2n) is 10.2. The molecule has 2 N–H and O–H groups in total. The molecule has 2 amide bonds. The van der Waals surface area contributed by atoms with Crippen LogP contribution in [-0.4, -0.2) is 53.7 Å². The van der Waals surface area contributed by atoms with Crippen LogP contribution in [0.2, 0.25) is 0 Å². The van der Waals surface area contributed by atoms with Gasteiger partial charge in [0.25, 0.3) is 0 Å². The van der Waals surface area contributed by atoms with Crippen LogP contribution in [0.5, 0.6) is 0 Å². The van der Waals surface area contributed by atoms with Crippen molar-refractivity contribution in [2.75, 3.05) is 19.7 Å². The van der Waals surface area contributed by atoms with Crippen LogP contribution >= 0.6 is 0 Å². The van der Waals surface area contributed by atoms with Gasteiger partial charge in [-0.1, -0.05) is 68.3 Å². The van der Waals surface area contributed by atoms with Gasteiger partial charge in [-0.25, -0.2) is 4.79 Å². The van der Waals surface area contributed by atoms with E-state index >= 15 is 0 Å². The molecule has 2 aliphatic carbocycles. The summed E-state index contributed by atoms with van der Waals surface area (Å²) in [6.45, 7) is 2.61. The van der Waals surface area contributed by atoms with Crippen molar-refractivity contribution in [3.63, 3.8) is 0 Å². The number of nitrogens with one attached hydrogen (secondary N) is 1. The van der Waals surface area contributed by atoms with E-state index < -0.39 is 23.5 Å². The zero-order valence-corrected chi connectivity index (χ0v) is 20.0. The molecule has 1 saturated carbocycles. The Labute approximate surface area is 205 Å².